The molecule has 0 aliphatic rings. The fourth-order valence-corrected chi connectivity index (χ4v) is 1.52. The highest BCUT2D eigenvalue weighted by Crippen LogP contribution is 2.14. The molecule has 2 rings (SSSR count). The first-order valence-electron chi connectivity index (χ1n) is 4.55. The van der Waals surface area contributed by atoms with Crippen molar-refractivity contribution in [1.29, 1.82) is 0 Å². The van der Waals surface area contributed by atoms with Crippen LogP contribution >= 0.6 is 0 Å². The minimum absolute atomic E-state index is 0.412. The lowest BCUT2D eigenvalue weighted by atomic mass is 10.4. The van der Waals surface area contributed by atoms with Crippen LogP contribution in [0.1, 0.15) is 5.69 Å². The SMILES string of the molecule is Cc1nn(C)cc1-n1c(O)cc(=O)[nH]c1=O. The average molecular weight is 222 g/mol. The predicted octanol–water partition coefficient (Wildman–Crippen LogP) is -0.727. The molecule has 0 unspecified atom stereocenters. The lowest BCUT2D eigenvalue weighted by molar-refractivity contribution is 0.431. The van der Waals surface area contributed by atoms with Crippen molar-refractivity contribution in [2.45, 2.75) is 6.92 Å². The molecule has 2 heterocycles. The first kappa shape index (κ1) is 10.2. The first-order valence-corrected chi connectivity index (χ1v) is 4.55. The van der Waals surface area contributed by atoms with Gasteiger partial charge in [-0.05, 0) is 6.92 Å². The van der Waals surface area contributed by atoms with Gasteiger partial charge in [0.2, 0.25) is 5.88 Å². The molecule has 0 fully saturated rings. The van der Waals surface area contributed by atoms with E-state index in [2.05, 4.69) is 10.1 Å². The number of aryl methyl sites for hydroxylation is 2. The fraction of sp³-hybridized carbons (Fsp3) is 0.222. The number of nitrogens with one attached hydrogen (secondary N) is 1. The monoisotopic (exact) mass is 222 g/mol. The maximum absolute atomic E-state index is 11.5. The zero-order valence-corrected chi connectivity index (χ0v) is 8.76. The molecule has 0 atom stereocenters. The second-order valence-electron chi connectivity index (χ2n) is 3.41. The maximum atomic E-state index is 11.5. The molecule has 0 saturated carbocycles. The van der Waals surface area contributed by atoms with Crippen molar-refractivity contribution < 1.29 is 5.11 Å². The number of hydrogen-bond donors (Lipinski definition) is 2. The number of aromatic amines is 1. The van der Waals surface area contributed by atoms with Crippen LogP contribution in [-0.4, -0.2) is 24.4 Å². The van der Waals surface area contributed by atoms with Crippen molar-refractivity contribution in [3.05, 3.63) is 38.8 Å². The summed E-state index contributed by atoms with van der Waals surface area (Å²) >= 11 is 0. The fourth-order valence-electron chi connectivity index (χ4n) is 1.52. The summed E-state index contributed by atoms with van der Waals surface area (Å²) in [6.07, 6.45) is 1.58. The summed E-state index contributed by atoms with van der Waals surface area (Å²) in [5, 5.41) is 13.6. The van der Waals surface area contributed by atoms with Crippen LogP contribution in [0.5, 0.6) is 5.88 Å². The van der Waals surface area contributed by atoms with Crippen LogP contribution in [0.25, 0.3) is 5.69 Å². The van der Waals surface area contributed by atoms with Gasteiger partial charge >= 0.3 is 5.69 Å². The lowest BCUT2D eigenvalue weighted by Crippen LogP contribution is -2.28. The number of H-pyrrole nitrogens is 1. The van der Waals surface area contributed by atoms with Crippen LogP contribution < -0.4 is 11.2 Å². The van der Waals surface area contributed by atoms with Gasteiger partial charge in [0.25, 0.3) is 5.56 Å². The summed E-state index contributed by atoms with van der Waals surface area (Å²) in [7, 11) is 1.70. The number of aromatic hydroxyl groups is 1. The molecular formula is C9H10N4O3. The number of nitrogens with zero attached hydrogens (tertiary/aromatic N) is 3. The van der Waals surface area contributed by atoms with Crippen molar-refractivity contribution in [3.8, 4) is 11.6 Å². The zero-order chi connectivity index (χ0) is 11.9. The van der Waals surface area contributed by atoms with Gasteiger partial charge in [-0.2, -0.15) is 5.10 Å². The molecule has 2 aromatic heterocycles. The molecule has 84 valence electrons. The van der Waals surface area contributed by atoms with E-state index >= 15 is 0 Å². The molecule has 0 bridgehead atoms. The Morgan fingerprint density at radius 3 is 2.62 bits per heavy atom. The van der Waals surface area contributed by atoms with Crippen LogP contribution in [0.2, 0.25) is 0 Å². The Bertz CT molecular complexity index is 650. The Balaban J connectivity index is 2.79. The van der Waals surface area contributed by atoms with E-state index in [-0.39, 0.29) is 0 Å². The smallest absolute Gasteiger partial charge is 0.335 e. The minimum Gasteiger partial charge on any atom is -0.494 e. The van der Waals surface area contributed by atoms with Gasteiger partial charge in [-0.25, -0.2) is 9.36 Å². The molecule has 0 radical (unpaired) electrons. The maximum Gasteiger partial charge on any atom is 0.335 e. The van der Waals surface area contributed by atoms with Gasteiger partial charge in [0.1, 0.15) is 0 Å². The molecule has 0 spiro atoms. The van der Waals surface area contributed by atoms with Crippen LogP contribution in [0.15, 0.2) is 21.9 Å². The Hall–Kier alpha value is -2.31. The van der Waals surface area contributed by atoms with Gasteiger partial charge in [-0.1, -0.05) is 0 Å². The summed E-state index contributed by atoms with van der Waals surface area (Å²) in [5.41, 5.74) is -0.324. The number of hydrogen-bond acceptors (Lipinski definition) is 4. The largest absolute Gasteiger partial charge is 0.494 e. The van der Waals surface area contributed by atoms with E-state index in [0.717, 1.165) is 10.6 Å². The molecule has 0 aliphatic heterocycles. The normalized spacial score (nSPS) is 10.6. The van der Waals surface area contributed by atoms with E-state index in [4.69, 9.17) is 0 Å². The van der Waals surface area contributed by atoms with Crippen LogP contribution in [-0.2, 0) is 7.05 Å². The third-order valence-corrected chi connectivity index (χ3v) is 2.15. The highest BCUT2D eigenvalue weighted by Gasteiger charge is 2.11. The van der Waals surface area contributed by atoms with Gasteiger partial charge < -0.3 is 5.11 Å². The standard InChI is InChI=1S/C9H10N4O3/c1-5-6(4-12(2)11-5)13-8(15)3-7(14)10-9(13)16/h3-4,15H,1-2H3,(H,10,14,16). The molecule has 0 aliphatic carbocycles. The van der Waals surface area contributed by atoms with Crippen molar-refractivity contribution >= 4 is 0 Å². The van der Waals surface area contributed by atoms with Crippen LogP contribution in [0.4, 0.5) is 0 Å². The molecule has 2 aromatic rings. The highest BCUT2D eigenvalue weighted by molar-refractivity contribution is 5.36. The van der Waals surface area contributed by atoms with Gasteiger partial charge in [-0.15, -0.1) is 0 Å². The average Bonchev–Trinajstić information content (AvgIpc) is 2.43. The zero-order valence-electron chi connectivity index (χ0n) is 8.76. The Morgan fingerprint density at radius 2 is 2.12 bits per heavy atom. The number of aromatic nitrogens is 4. The Morgan fingerprint density at radius 1 is 1.44 bits per heavy atom. The minimum atomic E-state index is -0.693. The van der Waals surface area contributed by atoms with Crippen molar-refractivity contribution in [2.75, 3.05) is 0 Å². The van der Waals surface area contributed by atoms with Crippen molar-refractivity contribution in [3.63, 3.8) is 0 Å². The van der Waals surface area contributed by atoms with E-state index in [0.29, 0.717) is 11.4 Å². The van der Waals surface area contributed by atoms with Crippen LogP contribution in [0, 0.1) is 6.92 Å². The highest BCUT2D eigenvalue weighted by atomic mass is 16.3. The summed E-state index contributed by atoms with van der Waals surface area (Å²) in [6, 6.07) is 0.938. The van der Waals surface area contributed by atoms with Gasteiger partial charge in [0, 0.05) is 13.2 Å². The molecule has 16 heavy (non-hydrogen) atoms. The quantitative estimate of drug-likeness (QED) is 0.665. The van der Waals surface area contributed by atoms with Gasteiger partial charge in [-0.3, -0.25) is 14.5 Å². The van der Waals surface area contributed by atoms with Crippen molar-refractivity contribution in [2.24, 2.45) is 7.05 Å². The van der Waals surface area contributed by atoms with Gasteiger partial charge in [0.05, 0.1) is 17.4 Å². The summed E-state index contributed by atoms with van der Waals surface area (Å²) in [5.74, 6) is -0.412. The third kappa shape index (κ3) is 1.52. The van der Waals surface area contributed by atoms with Crippen molar-refractivity contribution in [1.82, 2.24) is 19.3 Å². The predicted molar refractivity (Wildman–Crippen MR) is 55.8 cm³/mol. The molecule has 0 amide bonds. The molecular weight excluding hydrogens is 212 g/mol. The summed E-state index contributed by atoms with van der Waals surface area (Å²) in [4.78, 5) is 24.5. The van der Waals surface area contributed by atoms with Gasteiger partial charge in [0.15, 0.2) is 0 Å². The van der Waals surface area contributed by atoms with E-state index < -0.39 is 17.1 Å². The second-order valence-corrected chi connectivity index (χ2v) is 3.41. The van der Waals surface area contributed by atoms with E-state index in [1.54, 1.807) is 20.2 Å². The Kier molecular flexibility index (Phi) is 2.15. The van der Waals surface area contributed by atoms with E-state index in [9.17, 15) is 14.7 Å². The summed E-state index contributed by atoms with van der Waals surface area (Å²) in [6.45, 7) is 1.70. The molecule has 0 aromatic carbocycles. The molecule has 7 heteroatoms. The Labute approximate surface area is 89.6 Å². The molecule has 7 nitrogen and oxygen atoms in total. The molecule has 2 N–H and O–H groups in total. The lowest BCUT2D eigenvalue weighted by Gasteiger charge is -2.04. The molecule has 0 saturated heterocycles. The second kappa shape index (κ2) is 3.37. The van der Waals surface area contributed by atoms with Crippen LogP contribution in [0.3, 0.4) is 0 Å². The summed E-state index contributed by atoms with van der Waals surface area (Å²) < 4.78 is 2.51. The van der Waals surface area contributed by atoms with E-state index in [1.807, 2.05) is 0 Å². The topological polar surface area (TPSA) is 92.9 Å². The number of rotatable bonds is 1. The van der Waals surface area contributed by atoms with E-state index in [1.165, 1.54) is 4.68 Å². The third-order valence-electron chi connectivity index (χ3n) is 2.15. The first-order chi connectivity index (χ1) is 7.49.